The van der Waals surface area contributed by atoms with Crippen molar-refractivity contribution in [3.8, 4) is 0 Å². The van der Waals surface area contributed by atoms with Crippen molar-refractivity contribution in [3.05, 3.63) is 35.7 Å². The van der Waals surface area contributed by atoms with Crippen molar-refractivity contribution in [2.75, 3.05) is 13.1 Å². The van der Waals surface area contributed by atoms with Crippen molar-refractivity contribution < 1.29 is 4.52 Å². The Morgan fingerprint density at radius 1 is 1.45 bits per heavy atom. The fraction of sp³-hybridized carbons (Fsp3) is 0.600. The maximum Gasteiger partial charge on any atom is 0.133 e. The van der Waals surface area contributed by atoms with Gasteiger partial charge in [-0.2, -0.15) is 0 Å². The van der Waals surface area contributed by atoms with Gasteiger partial charge in [-0.15, -0.1) is 0 Å². The van der Waals surface area contributed by atoms with E-state index in [1.54, 1.807) is 0 Å². The first-order valence-corrected chi connectivity index (χ1v) is 7.31. The fourth-order valence-corrected chi connectivity index (χ4v) is 3.03. The smallest absolute Gasteiger partial charge is 0.133 e. The highest BCUT2D eigenvalue weighted by Gasteiger charge is 2.22. The number of rotatable bonds is 4. The Labute approximate surface area is 119 Å². The SMILES string of the molecule is Cc1cc(CN2CCC[C@H](Cc3nccn3C)C2)no1. The molecule has 1 aliphatic rings. The minimum absolute atomic E-state index is 0.692. The van der Waals surface area contributed by atoms with Crippen molar-refractivity contribution >= 4 is 0 Å². The zero-order valence-corrected chi connectivity index (χ0v) is 12.2. The first-order valence-electron chi connectivity index (χ1n) is 7.31. The number of aromatic nitrogens is 3. The Morgan fingerprint density at radius 2 is 2.35 bits per heavy atom. The molecule has 2 aromatic rings. The third-order valence-corrected chi connectivity index (χ3v) is 4.06. The molecular formula is C15H22N4O. The Morgan fingerprint density at radius 3 is 3.05 bits per heavy atom. The molecule has 0 unspecified atom stereocenters. The predicted molar refractivity (Wildman–Crippen MR) is 76.2 cm³/mol. The Bertz CT molecular complexity index is 560. The molecule has 2 aromatic heterocycles. The monoisotopic (exact) mass is 274 g/mol. The van der Waals surface area contributed by atoms with Crippen LogP contribution in [0.15, 0.2) is 23.0 Å². The van der Waals surface area contributed by atoms with E-state index >= 15 is 0 Å². The molecule has 108 valence electrons. The van der Waals surface area contributed by atoms with E-state index in [-0.39, 0.29) is 0 Å². The van der Waals surface area contributed by atoms with E-state index in [0.29, 0.717) is 5.92 Å². The van der Waals surface area contributed by atoms with Gasteiger partial charge in [-0.3, -0.25) is 4.90 Å². The van der Waals surface area contributed by atoms with E-state index in [0.717, 1.165) is 37.5 Å². The summed E-state index contributed by atoms with van der Waals surface area (Å²) in [6.07, 6.45) is 7.52. The quantitative estimate of drug-likeness (QED) is 0.857. The zero-order valence-electron chi connectivity index (χ0n) is 12.2. The van der Waals surface area contributed by atoms with E-state index in [1.807, 2.05) is 25.4 Å². The van der Waals surface area contributed by atoms with Crippen LogP contribution in [0.3, 0.4) is 0 Å². The molecule has 1 fully saturated rings. The zero-order chi connectivity index (χ0) is 13.9. The molecule has 20 heavy (non-hydrogen) atoms. The van der Waals surface area contributed by atoms with Crippen molar-refractivity contribution in [2.45, 2.75) is 32.7 Å². The summed E-state index contributed by atoms with van der Waals surface area (Å²) in [5.74, 6) is 2.77. The lowest BCUT2D eigenvalue weighted by Gasteiger charge is -2.32. The van der Waals surface area contributed by atoms with Crippen LogP contribution >= 0.6 is 0 Å². The highest BCUT2D eigenvalue weighted by atomic mass is 16.5. The highest BCUT2D eigenvalue weighted by Crippen LogP contribution is 2.21. The summed E-state index contributed by atoms with van der Waals surface area (Å²) in [6.45, 7) is 5.12. The van der Waals surface area contributed by atoms with Gasteiger partial charge in [0.25, 0.3) is 0 Å². The molecule has 3 heterocycles. The van der Waals surface area contributed by atoms with Crippen LogP contribution in [0.1, 0.15) is 30.1 Å². The molecule has 1 saturated heterocycles. The van der Waals surface area contributed by atoms with Crippen LogP contribution in [0.25, 0.3) is 0 Å². The van der Waals surface area contributed by atoms with Crippen LogP contribution in [0, 0.1) is 12.8 Å². The van der Waals surface area contributed by atoms with Gasteiger partial charge >= 0.3 is 0 Å². The summed E-state index contributed by atoms with van der Waals surface area (Å²) in [7, 11) is 2.07. The van der Waals surface area contributed by atoms with Gasteiger partial charge in [0.2, 0.25) is 0 Å². The molecule has 1 aliphatic heterocycles. The molecule has 5 heteroatoms. The molecule has 0 spiro atoms. The van der Waals surface area contributed by atoms with Crippen LogP contribution in [0.4, 0.5) is 0 Å². The fourth-order valence-electron chi connectivity index (χ4n) is 3.03. The largest absolute Gasteiger partial charge is 0.361 e. The van der Waals surface area contributed by atoms with E-state index in [1.165, 1.54) is 18.7 Å². The minimum atomic E-state index is 0.692. The van der Waals surface area contributed by atoms with Gasteiger partial charge in [0.05, 0.1) is 5.69 Å². The second kappa shape index (κ2) is 5.79. The molecule has 0 aromatic carbocycles. The first-order chi connectivity index (χ1) is 9.70. The standard InChI is InChI=1S/C15H22N4O/c1-12-8-14(17-20-12)11-19-6-3-4-13(10-19)9-15-16-5-7-18(15)2/h5,7-8,13H,3-4,6,9-11H2,1-2H3/t13-/m1/s1. The van der Waals surface area contributed by atoms with E-state index in [4.69, 9.17) is 4.52 Å². The van der Waals surface area contributed by atoms with Crippen LogP contribution in [0.5, 0.6) is 0 Å². The second-order valence-corrected chi connectivity index (χ2v) is 5.83. The van der Waals surface area contributed by atoms with Crippen molar-refractivity contribution in [2.24, 2.45) is 13.0 Å². The maximum atomic E-state index is 5.14. The van der Waals surface area contributed by atoms with Crippen molar-refractivity contribution in [1.82, 2.24) is 19.6 Å². The average Bonchev–Trinajstić information content (AvgIpc) is 3.00. The molecular weight excluding hydrogens is 252 g/mol. The number of hydrogen-bond acceptors (Lipinski definition) is 4. The van der Waals surface area contributed by atoms with Crippen LogP contribution in [0.2, 0.25) is 0 Å². The topological polar surface area (TPSA) is 47.1 Å². The van der Waals surface area contributed by atoms with Crippen LogP contribution < -0.4 is 0 Å². The molecule has 0 N–H and O–H groups in total. The predicted octanol–water partition coefficient (Wildman–Crippen LogP) is 2.17. The minimum Gasteiger partial charge on any atom is -0.361 e. The molecule has 3 rings (SSSR count). The van der Waals surface area contributed by atoms with E-state index in [2.05, 4.69) is 26.7 Å². The molecule has 0 saturated carbocycles. The van der Waals surface area contributed by atoms with E-state index < -0.39 is 0 Å². The molecule has 0 bridgehead atoms. The Balaban J connectivity index is 1.57. The van der Waals surface area contributed by atoms with Crippen LogP contribution in [-0.2, 0) is 20.0 Å². The van der Waals surface area contributed by atoms with Gasteiger partial charge in [0.1, 0.15) is 11.6 Å². The van der Waals surface area contributed by atoms with Gasteiger partial charge in [0, 0.05) is 45.0 Å². The first kappa shape index (κ1) is 13.4. The van der Waals surface area contributed by atoms with Crippen LogP contribution in [-0.4, -0.2) is 32.7 Å². The summed E-state index contributed by atoms with van der Waals surface area (Å²) in [6, 6.07) is 2.03. The maximum absolute atomic E-state index is 5.14. The summed E-state index contributed by atoms with van der Waals surface area (Å²) >= 11 is 0. The number of hydrogen-bond donors (Lipinski definition) is 0. The summed E-state index contributed by atoms with van der Waals surface area (Å²) in [5.41, 5.74) is 1.04. The van der Waals surface area contributed by atoms with E-state index in [9.17, 15) is 0 Å². The third-order valence-electron chi connectivity index (χ3n) is 4.06. The Kier molecular flexibility index (Phi) is 3.87. The van der Waals surface area contributed by atoms with Gasteiger partial charge in [-0.25, -0.2) is 4.98 Å². The van der Waals surface area contributed by atoms with Gasteiger partial charge in [0.15, 0.2) is 0 Å². The number of aryl methyl sites for hydroxylation is 2. The lowest BCUT2D eigenvalue weighted by Crippen LogP contribution is -2.36. The molecule has 5 nitrogen and oxygen atoms in total. The van der Waals surface area contributed by atoms with Crippen molar-refractivity contribution in [1.29, 1.82) is 0 Å². The number of imidazole rings is 1. The van der Waals surface area contributed by atoms with Gasteiger partial charge < -0.3 is 9.09 Å². The Hall–Kier alpha value is -1.62. The summed E-state index contributed by atoms with van der Waals surface area (Å²) in [4.78, 5) is 6.92. The normalized spacial score (nSPS) is 20.4. The molecule has 0 amide bonds. The summed E-state index contributed by atoms with van der Waals surface area (Å²) in [5, 5.41) is 4.09. The lowest BCUT2D eigenvalue weighted by molar-refractivity contribution is 0.161. The average molecular weight is 274 g/mol. The molecule has 0 aliphatic carbocycles. The number of piperidine rings is 1. The van der Waals surface area contributed by atoms with Crippen molar-refractivity contribution in [3.63, 3.8) is 0 Å². The number of likely N-dealkylation sites (tertiary alicyclic amines) is 1. The summed E-state index contributed by atoms with van der Waals surface area (Å²) < 4.78 is 7.27. The van der Waals surface area contributed by atoms with Gasteiger partial charge in [-0.05, 0) is 32.2 Å². The molecule has 1 atom stereocenters. The molecule has 0 radical (unpaired) electrons. The van der Waals surface area contributed by atoms with Gasteiger partial charge in [-0.1, -0.05) is 5.16 Å². The number of nitrogens with zero attached hydrogens (tertiary/aromatic N) is 4. The lowest BCUT2D eigenvalue weighted by atomic mass is 9.94. The highest BCUT2D eigenvalue weighted by molar-refractivity contribution is 5.03. The second-order valence-electron chi connectivity index (χ2n) is 5.83. The third kappa shape index (κ3) is 3.10.